The van der Waals surface area contributed by atoms with Gasteiger partial charge in [-0.15, -0.1) is 5.92 Å². The molecule has 0 aromatic heterocycles. The van der Waals surface area contributed by atoms with Crippen LogP contribution < -0.4 is 10.1 Å². The minimum Gasteiger partial charge on any atom is -0.490 e. The highest BCUT2D eigenvalue weighted by molar-refractivity contribution is 5.39. The molecule has 2 heteroatoms. The van der Waals surface area contributed by atoms with E-state index in [0.717, 1.165) is 24.2 Å². The maximum absolute atomic E-state index is 6.17. The van der Waals surface area contributed by atoms with Crippen molar-refractivity contribution in [1.82, 2.24) is 5.32 Å². The lowest BCUT2D eigenvalue weighted by Gasteiger charge is -2.40. The van der Waals surface area contributed by atoms with Crippen LogP contribution in [0.3, 0.4) is 0 Å². The Morgan fingerprint density at radius 2 is 2.00 bits per heavy atom. The smallest absolute Gasteiger partial charge is 0.120 e. The van der Waals surface area contributed by atoms with Crippen molar-refractivity contribution in [2.45, 2.75) is 57.2 Å². The molecule has 2 saturated heterocycles. The van der Waals surface area contributed by atoms with Gasteiger partial charge in [0.25, 0.3) is 0 Å². The first kappa shape index (κ1) is 12.6. The van der Waals surface area contributed by atoms with Crippen molar-refractivity contribution in [1.29, 1.82) is 0 Å². The Morgan fingerprint density at radius 1 is 1.21 bits per heavy atom. The second-order valence-electron chi connectivity index (χ2n) is 5.61. The summed E-state index contributed by atoms with van der Waals surface area (Å²) in [5.74, 6) is 6.98. The molecule has 2 fully saturated rings. The molecule has 2 nitrogen and oxygen atoms in total. The molecule has 0 unspecified atom stereocenters. The van der Waals surface area contributed by atoms with Crippen LogP contribution in [0.15, 0.2) is 24.3 Å². The van der Waals surface area contributed by atoms with E-state index in [0.29, 0.717) is 18.2 Å². The summed E-state index contributed by atoms with van der Waals surface area (Å²) in [5, 5.41) is 3.70. The van der Waals surface area contributed by atoms with Gasteiger partial charge in [-0.25, -0.2) is 0 Å². The molecule has 1 aromatic rings. The fourth-order valence-corrected chi connectivity index (χ4v) is 3.29. The first-order chi connectivity index (χ1) is 9.33. The summed E-state index contributed by atoms with van der Waals surface area (Å²) in [7, 11) is 0. The number of hydrogen-bond acceptors (Lipinski definition) is 2. The Labute approximate surface area is 115 Å². The first-order valence-electron chi connectivity index (χ1n) is 7.29. The van der Waals surface area contributed by atoms with Crippen molar-refractivity contribution in [3.8, 4) is 17.6 Å². The molecule has 1 aromatic carbocycles. The monoisotopic (exact) mass is 255 g/mol. The molecule has 100 valence electrons. The SMILES string of the molecule is CC#Cc1cccc(O[C@@H]2C[C@H]3CCC[C@@H](C2)N3)c1. The number of rotatable bonds is 2. The van der Waals surface area contributed by atoms with Gasteiger partial charge in [-0.3, -0.25) is 0 Å². The molecule has 2 bridgehead atoms. The highest BCUT2D eigenvalue weighted by Crippen LogP contribution is 2.28. The van der Waals surface area contributed by atoms with E-state index < -0.39 is 0 Å². The molecule has 2 aliphatic heterocycles. The van der Waals surface area contributed by atoms with Crippen LogP contribution in [0, 0.1) is 11.8 Å². The van der Waals surface area contributed by atoms with E-state index in [1.54, 1.807) is 0 Å². The summed E-state index contributed by atoms with van der Waals surface area (Å²) >= 11 is 0. The van der Waals surface area contributed by atoms with Gasteiger partial charge in [0.05, 0.1) is 0 Å². The topological polar surface area (TPSA) is 21.3 Å². The second-order valence-corrected chi connectivity index (χ2v) is 5.61. The van der Waals surface area contributed by atoms with Crippen molar-refractivity contribution >= 4 is 0 Å². The predicted octanol–water partition coefficient (Wildman–Crippen LogP) is 3.11. The van der Waals surface area contributed by atoms with Crippen molar-refractivity contribution in [2.75, 3.05) is 0 Å². The molecule has 0 aliphatic carbocycles. The summed E-state index contributed by atoms with van der Waals surface area (Å²) in [5.41, 5.74) is 1.04. The van der Waals surface area contributed by atoms with Crippen LogP contribution in [0.1, 0.15) is 44.6 Å². The Hall–Kier alpha value is -1.46. The average Bonchev–Trinajstić information content (AvgIpc) is 2.39. The van der Waals surface area contributed by atoms with Crippen LogP contribution in [0.5, 0.6) is 5.75 Å². The standard InChI is InChI=1S/C17H21NO/c1-2-5-13-6-3-9-16(10-13)19-17-11-14-7-4-8-15(12-17)18-14/h3,6,9-10,14-15,17-18H,4,7-8,11-12H2,1H3/t14-,15+,17-. The van der Waals surface area contributed by atoms with Gasteiger partial charge in [-0.1, -0.05) is 18.4 Å². The average molecular weight is 255 g/mol. The highest BCUT2D eigenvalue weighted by atomic mass is 16.5. The number of hydrogen-bond donors (Lipinski definition) is 1. The number of fused-ring (bicyclic) bond motifs is 2. The van der Waals surface area contributed by atoms with Gasteiger partial charge in [0.2, 0.25) is 0 Å². The fourth-order valence-electron chi connectivity index (χ4n) is 3.29. The Balaban J connectivity index is 1.67. The number of benzene rings is 1. The van der Waals surface area contributed by atoms with Gasteiger partial charge in [0.15, 0.2) is 0 Å². The zero-order valence-electron chi connectivity index (χ0n) is 11.5. The molecule has 3 atom stereocenters. The van der Waals surface area contributed by atoms with Crippen LogP contribution in [0.2, 0.25) is 0 Å². The Morgan fingerprint density at radius 3 is 2.74 bits per heavy atom. The third-order valence-corrected chi connectivity index (χ3v) is 4.08. The van der Waals surface area contributed by atoms with E-state index in [1.807, 2.05) is 31.2 Å². The van der Waals surface area contributed by atoms with Gasteiger partial charge in [0, 0.05) is 17.6 Å². The molecular weight excluding hydrogens is 234 g/mol. The molecule has 0 radical (unpaired) electrons. The quantitative estimate of drug-likeness (QED) is 0.820. The van der Waals surface area contributed by atoms with Crippen LogP contribution in [-0.2, 0) is 0 Å². The van der Waals surface area contributed by atoms with Crippen molar-refractivity contribution in [2.24, 2.45) is 0 Å². The van der Waals surface area contributed by atoms with Gasteiger partial charge < -0.3 is 10.1 Å². The Bertz CT molecular complexity index is 487. The minimum atomic E-state index is 0.362. The zero-order valence-corrected chi connectivity index (χ0v) is 11.5. The fraction of sp³-hybridized carbons (Fsp3) is 0.529. The summed E-state index contributed by atoms with van der Waals surface area (Å²) in [6.07, 6.45) is 6.62. The van der Waals surface area contributed by atoms with E-state index in [1.165, 1.54) is 19.3 Å². The molecule has 3 rings (SSSR count). The van der Waals surface area contributed by atoms with Crippen LogP contribution in [0.4, 0.5) is 0 Å². The Kier molecular flexibility index (Phi) is 3.75. The molecule has 2 aliphatic rings. The lowest BCUT2D eigenvalue weighted by Crippen LogP contribution is -2.51. The molecule has 2 heterocycles. The van der Waals surface area contributed by atoms with Gasteiger partial charge in [-0.05, 0) is 50.8 Å². The maximum Gasteiger partial charge on any atom is 0.120 e. The number of nitrogens with one attached hydrogen (secondary N) is 1. The van der Waals surface area contributed by atoms with Gasteiger partial charge in [0.1, 0.15) is 11.9 Å². The molecule has 0 saturated carbocycles. The summed E-state index contributed by atoms with van der Waals surface area (Å²) in [6.45, 7) is 1.86. The third-order valence-electron chi connectivity index (χ3n) is 4.08. The van der Waals surface area contributed by atoms with Gasteiger partial charge in [-0.2, -0.15) is 0 Å². The third kappa shape index (κ3) is 3.11. The zero-order chi connectivity index (χ0) is 13.1. The van der Waals surface area contributed by atoms with Crippen molar-refractivity contribution in [3.63, 3.8) is 0 Å². The summed E-state index contributed by atoms with van der Waals surface area (Å²) in [4.78, 5) is 0. The van der Waals surface area contributed by atoms with Crippen molar-refractivity contribution < 1.29 is 4.74 Å². The van der Waals surface area contributed by atoms with Gasteiger partial charge >= 0.3 is 0 Å². The van der Waals surface area contributed by atoms with E-state index in [4.69, 9.17) is 4.74 Å². The van der Waals surface area contributed by atoms with E-state index in [2.05, 4.69) is 17.2 Å². The minimum absolute atomic E-state index is 0.362. The molecular formula is C17H21NO. The first-order valence-corrected chi connectivity index (χ1v) is 7.29. The molecule has 0 spiro atoms. The molecule has 1 N–H and O–H groups in total. The molecule has 19 heavy (non-hydrogen) atoms. The molecule has 0 amide bonds. The highest BCUT2D eigenvalue weighted by Gasteiger charge is 2.32. The maximum atomic E-state index is 6.17. The van der Waals surface area contributed by atoms with Crippen molar-refractivity contribution in [3.05, 3.63) is 29.8 Å². The van der Waals surface area contributed by atoms with Crippen LogP contribution >= 0.6 is 0 Å². The lowest BCUT2D eigenvalue weighted by molar-refractivity contribution is 0.0927. The second kappa shape index (κ2) is 5.67. The number of ether oxygens (including phenoxy) is 1. The lowest BCUT2D eigenvalue weighted by atomic mass is 9.85. The van der Waals surface area contributed by atoms with Crippen LogP contribution in [-0.4, -0.2) is 18.2 Å². The van der Waals surface area contributed by atoms with E-state index >= 15 is 0 Å². The normalized spacial score (nSPS) is 29.2. The van der Waals surface area contributed by atoms with E-state index in [9.17, 15) is 0 Å². The number of piperidine rings is 2. The predicted molar refractivity (Wildman–Crippen MR) is 77.2 cm³/mol. The van der Waals surface area contributed by atoms with E-state index in [-0.39, 0.29) is 0 Å². The van der Waals surface area contributed by atoms with Crippen LogP contribution in [0.25, 0.3) is 0 Å². The summed E-state index contributed by atoms with van der Waals surface area (Å²) in [6, 6.07) is 9.47. The summed E-state index contributed by atoms with van der Waals surface area (Å²) < 4.78 is 6.17. The largest absolute Gasteiger partial charge is 0.490 e.